The van der Waals surface area contributed by atoms with Crippen LogP contribution in [0.1, 0.15) is 31.7 Å². The molecule has 1 fully saturated rings. The molecule has 2 heterocycles. The van der Waals surface area contributed by atoms with Crippen molar-refractivity contribution in [2.75, 3.05) is 18.6 Å². The van der Waals surface area contributed by atoms with E-state index in [4.69, 9.17) is 4.74 Å². The molecule has 1 aliphatic heterocycles. The minimum Gasteiger partial charge on any atom is -0.506 e. The first-order valence-corrected chi connectivity index (χ1v) is 10.5. The van der Waals surface area contributed by atoms with Crippen LogP contribution in [-0.2, 0) is 16.0 Å². The lowest BCUT2D eigenvalue weighted by Gasteiger charge is -2.27. The lowest BCUT2D eigenvalue weighted by Crippen LogP contribution is -2.34. The van der Waals surface area contributed by atoms with Crippen molar-refractivity contribution in [1.82, 2.24) is 4.98 Å². The molecule has 1 aromatic heterocycles. The third-order valence-corrected chi connectivity index (χ3v) is 6.09. The maximum Gasteiger partial charge on any atom is 0.258 e. The van der Waals surface area contributed by atoms with Gasteiger partial charge < -0.3 is 14.7 Å². The number of aromatic hydroxyl groups is 1. The van der Waals surface area contributed by atoms with Gasteiger partial charge in [-0.05, 0) is 67.5 Å². The SMILES string of the molecule is COc1ccc(CCC2C(=O)C=C3CCCN(c4ccccc4O)C(=O)C3=C2C)cn1. The molecule has 1 amide bonds. The maximum atomic E-state index is 13.5. The zero-order valence-electron chi connectivity index (χ0n) is 17.8. The molecule has 0 saturated carbocycles. The molecule has 1 aromatic carbocycles. The second kappa shape index (κ2) is 8.76. The highest BCUT2D eigenvalue weighted by molar-refractivity contribution is 6.13. The van der Waals surface area contributed by atoms with E-state index in [0.717, 1.165) is 23.1 Å². The number of methoxy groups -OCH3 is 1. The Labute approximate surface area is 181 Å². The first kappa shape index (κ1) is 20.8. The summed E-state index contributed by atoms with van der Waals surface area (Å²) in [5.41, 5.74) is 3.78. The molecule has 4 rings (SSSR count). The summed E-state index contributed by atoms with van der Waals surface area (Å²) in [5.74, 6) is 0.204. The number of carbonyl (C=O) groups is 2. The highest BCUT2D eigenvalue weighted by atomic mass is 16.5. The van der Waals surface area contributed by atoms with Crippen LogP contribution >= 0.6 is 0 Å². The molecule has 1 atom stereocenters. The number of fused-ring (bicyclic) bond motifs is 1. The number of phenolic OH excluding ortho intramolecular Hbond substituents is 1. The molecule has 0 spiro atoms. The van der Waals surface area contributed by atoms with Crippen LogP contribution in [0.3, 0.4) is 0 Å². The second-order valence-corrected chi connectivity index (χ2v) is 7.98. The Morgan fingerprint density at radius 3 is 2.71 bits per heavy atom. The third-order valence-electron chi connectivity index (χ3n) is 6.09. The number of hydrogen-bond donors (Lipinski definition) is 1. The van der Waals surface area contributed by atoms with E-state index in [1.54, 1.807) is 54.6 Å². The Balaban J connectivity index is 1.61. The van der Waals surface area contributed by atoms with Crippen molar-refractivity contribution >= 4 is 17.4 Å². The number of ketones is 1. The molecule has 1 saturated heterocycles. The fourth-order valence-electron chi connectivity index (χ4n) is 4.42. The van der Waals surface area contributed by atoms with Crippen molar-refractivity contribution in [2.24, 2.45) is 5.92 Å². The van der Waals surface area contributed by atoms with Crippen LogP contribution in [0.4, 0.5) is 5.69 Å². The summed E-state index contributed by atoms with van der Waals surface area (Å²) in [6, 6.07) is 10.6. The number of amides is 1. The molecule has 6 heteroatoms. The van der Waals surface area contributed by atoms with Gasteiger partial charge in [0, 0.05) is 30.3 Å². The van der Waals surface area contributed by atoms with E-state index in [1.165, 1.54) is 0 Å². The topological polar surface area (TPSA) is 79.7 Å². The predicted octanol–water partition coefficient (Wildman–Crippen LogP) is 4.00. The molecular formula is C25H26N2O4. The standard InChI is InChI=1S/C25H26N2O4/c1-16-19(11-9-17-10-12-23(31-2)26-15-17)22(29)14-18-6-5-13-27(25(30)24(16)18)20-7-3-4-8-21(20)28/h3-4,7-8,10,12,14-15,19,28H,5-6,9,11,13H2,1-2H3. The van der Waals surface area contributed by atoms with E-state index >= 15 is 0 Å². The van der Waals surface area contributed by atoms with E-state index in [2.05, 4.69) is 4.98 Å². The Kier molecular flexibility index (Phi) is 5.89. The normalized spacial score (nSPS) is 19.1. The van der Waals surface area contributed by atoms with Crippen molar-refractivity contribution in [2.45, 2.75) is 32.6 Å². The fourth-order valence-corrected chi connectivity index (χ4v) is 4.42. The van der Waals surface area contributed by atoms with E-state index in [-0.39, 0.29) is 23.4 Å². The quantitative estimate of drug-likeness (QED) is 0.794. The fraction of sp³-hybridized carbons (Fsp3) is 0.320. The highest BCUT2D eigenvalue weighted by Gasteiger charge is 2.35. The monoisotopic (exact) mass is 418 g/mol. The van der Waals surface area contributed by atoms with Gasteiger partial charge in [0.15, 0.2) is 5.78 Å². The molecular weight excluding hydrogens is 392 g/mol. The molecule has 1 aliphatic carbocycles. The van der Waals surface area contributed by atoms with Crippen LogP contribution in [0.2, 0.25) is 0 Å². The van der Waals surface area contributed by atoms with Crippen LogP contribution < -0.4 is 9.64 Å². The Bertz CT molecular complexity index is 1070. The van der Waals surface area contributed by atoms with Gasteiger partial charge in [0.2, 0.25) is 5.88 Å². The number of rotatable bonds is 5. The largest absolute Gasteiger partial charge is 0.506 e. The summed E-state index contributed by atoms with van der Waals surface area (Å²) in [4.78, 5) is 32.3. The number of aryl methyl sites for hydroxylation is 1. The van der Waals surface area contributed by atoms with Gasteiger partial charge >= 0.3 is 0 Å². The summed E-state index contributed by atoms with van der Waals surface area (Å²) in [5, 5.41) is 10.3. The number of phenols is 1. The van der Waals surface area contributed by atoms with Gasteiger partial charge in [-0.3, -0.25) is 9.59 Å². The smallest absolute Gasteiger partial charge is 0.258 e. The van der Waals surface area contributed by atoms with Gasteiger partial charge in [-0.1, -0.05) is 18.2 Å². The average Bonchev–Trinajstić information content (AvgIpc) is 2.93. The molecule has 160 valence electrons. The number of allylic oxidation sites excluding steroid dienone is 2. The van der Waals surface area contributed by atoms with Gasteiger partial charge in [-0.25, -0.2) is 4.98 Å². The maximum absolute atomic E-state index is 13.5. The molecule has 31 heavy (non-hydrogen) atoms. The van der Waals surface area contributed by atoms with E-state index in [9.17, 15) is 14.7 Å². The summed E-state index contributed by atoms with van der Waals surface area (Å²) >= 11 is 0. The number of carbonyl (C=O) groups excluding carboxylic acids is 2. The second-order valence-electron chi connectivity index (χ2n) is 7.98. The number of para-hydroxylation sites is 2. The first-order valence-electron chi connectivity index (χ1n) is 10.5. The summed E-state index contributed by atoms with van der Waals surface area (Å²) in [6.45, 7) is 2.39. The highest BCUT2D eigenvalue weighted by Crippen LogP contribution is 2.38. The van der Waals surface area contributed by atoms with Crippen molar-refractivity contribution < 1.29 is 19.4 Å². The number of ether oxygens (including phenoxy) is 1. The van der Waals surface area contributed by atoms with Gasteiger partial charge in [-0.2, -0.15) is 0 Å². The number of hydrogen-bond acceptors (Lipinski definition) is 5. The Morgan fingerprint density at radius 2 is 2.00 bits per heavy atom. The number of pyridine rings is 1. The summed E-state index contributed by atoms with van der Waals surface area (Å²) in [6.07, 6.45) is 6.11. The zero-order valence-corrected chi connectivity index (χ0v) is 17.8. The predicted molar refractivity (Wildman–Crippen MR) is 118 cm³/mol. The van der Waals surface area contributed by atoms with Crippen LogP contribution in [-0.4, -0.2) is 35.4 Å². The van der Waals surface area contributed by atoms with Crippen LogP contribution in [0.5, 0.6) is 11.6 Å². The molecule has 0 radical (unpaired) electrons. The molecule has 0 bridgehead atoms. The van der Waals surface area contributed by atoms with Gasteiger partial charge in [0.25, 0.3) is 5.91 Å². The van der Waals surface area contributed by atoms with Gasteiger partial charge in [0.1, 0.15) is 5.75 Å². The van der Waals surface area contributed by atoms with Crippen LogP contribution in [0, 0.1) is 5.92 Å². The van der Waals surface area contributed by atoms with Crippen molar-refractivity contribution in [1.29, 1.82) is 0 Å². The number of aromatic nitrogens is 1. The average molecular weight is 418 g/mol. The molecule has 6 nitrogen and oxygen atoms in total. The van der Waals surface area contributed by atoms with Gasteiger partial charge in [-0.15, -0.1) is 0 Å². The lowest BCUT2D eigenvalue weighted by molar-refractivity contribution is -0.117. The van der Waals surface area contributed by atoms with E-state index < -0.39 is 0 Å². The lowest BCUT2D eigenvalue weighted by atomic mass is 9.79. The number of benzene rings is 1. The van der Waals surface area contributed by atoms with Crippen molar-refractivity contribution in [3.63, 3.8) is 0 Å². The van der Waals surface area contributed by atoms with Crippen molar-refractivity contribution in [3.8, 4) is 11.6 Å². The zero-order chi connectivity index (χ0) is 22.0. The minimum absolute atomic E-state index is 0.0570. The van der Waals surface area contributed by atoms with Crippen molar-refractivity contribution in [3.05, 3.63) is 71.0 Å². The third kappa shape index (κ3) is 4.10. The number of nitrogens with zero attached hydrogens (tertiary/aromatic N) is 2. The van der Waals surface area contributed by atoms with Crippen LogP contribution in [0.25, 0.3) is 0 Å². The Hall–Kier alpha value is -3.41. The number of anilines is 1. The molecule has 1 N–H and O–H groups in total. The van der Waals surface area contributed by atoms with Gasteiger partial charge in [0.05, 0.1) is 12.8 Å². The molecule has 1 unspecified atom stereocenters. The summed E-state index contributed by atoms with van der Waals surface area (Å²) < 4.78 is 5.10. The first-order chi connectivity index (χ1) is 15.0. The minimum atomic E-state index is -0.339. The van der Waals surface area contributed by atoms with E-state index in [1.807, 2.05) is 13.0 Å². The van der Waals surface area contributed by atoms with Crippen LogP contribution in [0.15, 0.2) is 65.4 Å². The molecule has 2 aromatic rings. The van der Waals surface area contributed by atoms with E-state index in [0.29, 0.717) is 42.9 Å². The Morgan fingerprint density at radius 1 is 1.19 bits per heavy atom. The summed E-state index contributed by atoms with van der Waals surface area (Å²) in [7, 11) is 1.57. The molecule has 2 aliphatic rings.